The second-order valence-electron chi connectivity index (χ2n) is 6.53. The van der Waals surface area contributed by atoms with Gasteiger partial charge in [-0.2, -0.15) is 0 Å². The first-order valence-corrected chi connectivity index (χ1v) is 7.67. The third kappa shape index (κ3) is 2.77. The fourth-order valence-electron chi connectivity index (χ4n) is 3.93. The molecule has 0 aromatic rings. The van der Waals surface area contributed by atoms with Crippen LogP contribution in [0.5, 0.6) is 0 Å². The Labute approximate surface area is 111 Å². The van der Waals surface area contributed by atoms with Crippen molar-refractivity contribution in [3.8, 4) is 0 Å². The van der Waals surface area contributed by atoms with Crippen LogP contribution in [0.15, 0.2) is 0 Å². The van der Waals surface area contributed by atoms with Gasteiger partial charge in [0.2, 0.25) is 0 Å². The van der Waals surface area contributed by atoms with E-state index in [1.165, 1.54) is 25.7 Å². The average Bonchev–Trinajstić information content (AvgIpc) is 2.82. The van der Waals surface area contributed by atoms with Crippen LogP contribution in [0.25, 0.3) is 0 Å². The molecule has 2 atom stereocenters. The van der Waals surface area contributed by atoms with Crippen LogP contribution < -0.4 is 11.5 Å². The van der Waals surface area contributed by atoms with Gasteiger partial charge in [-0.25, -0.2) is 0 Å². The zero-order chi connectivity index (χ0) is 13.2. The lowest BCUT2D eigenvalue weighted by Crippen LogP contribution is -2.33. The molecule has 3 heteroatoms. The van der Waals surface area contributed by atoms with E-state index in [4.69, 9.17) is 16.9 Å². The highest BCUT2D eigenvalue weighted by atomic mass is 14.7. The summed E-state index contributed by atoms with van der Waals surface area (Å²) in [6, 6.07) is 0.613. The van der Waals surface area contributed by atoms with Gasteiger partial charge in [-0.1, -0.05) is 13.3 Å². The number of hydrogen-bond acceptors (Lipinski definition) is 3. The molecule has 0 amide bonds. The maximum atomic E-state index is 8.26. The molecule has 2 aliphatic rings. The van der Waals surface area contributed by atoms with Crippen LogP contribution in [0.3, 0.4) is 0 Å². The van der Waals surface area contributed by atoms with Crippen molar-refractivity contribution in [2.45, 2.75) is 76.8 Å². The molecule has 5 N–H and O–H groups in total. The van der Waals surface area contributed by atoms with Crippen molar-refractivity contribution in [1.29, 1.82) is 5.41 Å². The molecule has 2 rings (SSSR count). The highest BCUT2D eigenvalue weighted by Gasteiger charge is 2.50. The molecule has 104 valence electrons. The Morgan fingerprint density at radius 2 is 1.83 bits per heavy atom. The summed E-state index contributed by atoms with van der Waals surface area (Å²) in [5, 5.41) is 8.26. The third-order valence-electron chi connectivity index (χ3n) is 5.25. The zero-order valence-corrected chi connectivity index (χ0v) is 11.8. The molecule has 0 spiro atoms. The molecule has 0 heterocycles. The van der Waals surface area contributed by atoms with Gasteiger partial charge in [0.05, 0.1) is 0 Å². The normalized spacial score (nSPS) is 33.9. The lowest BCUT2D eigenvalue weighted by Gasteiger charge is -2.29. The summed E-state index contributed by atoms with van der Waals surface area (Å²) in [4.78, 5) is 0. The van der Waals surface area contributed by atoms with Gasteiger partial charge < -0.3 is 16.9 Å². The van der Waals surface area contributed by atoms with Gasteiger partial charge >= 0.3 is 0 Å². The zero-order valence-electron chi connectivity index (χ0n) is 11.8. The van der Waals surface area contributed by atoms with Crippen molar-refractivity contribution in [3.63, 3.8) is 0 Å². The first-order valence-electron chi connectivity index (χ1n) is 7.67. The molecule has 0 aliphatic heterocycles. The smallest absolute Gasteiger partial charge is 0.0182 e. The van der Waals surface area contributed by atoms with Gasteiger partial charge in [-0.3, -0.25) is 0 Å². The van der Waals surface area contributed by atoms with E-state index in [0.29, 0.717) is 12.0 Å². The second-order valence-corrected chi connectivity index (χ2v) is 6.53. The molecular weight excluding hydrogens is 222 g/mol. The van der Waals surface area contributed by atoms with Gasteiger partial charge in [-0.05, 0) is 57.3 Å². The molecule has 2 aliphatic carbocycles. The third-order valence-corrected chi connectivity index (χ3v) is 5.25. The van der Waals surface area contributed by atoms with Crippen LogP contribution in [0.2, 0.25) is 0 Å². The largest absolute Gasteiger partial charge is 0.328 e. The average molecular weight is 251 g/mol. The Hall–Kier alpha value is -0.410. The Balaban J connectivity index is 1.74. The van der Waals surface area contributed by atoms with Crippen molar-refractivity contribution < 1.29 is 0 Å². The van der Waals surface area contributed by atoms with Crippen LogP contribution in [0.4, 0.5) is 0 Å². The van der Waals surface area contributed by atoms with Crippen LogP contribution >= 0.6 is 0 Å². The Morgan fingerprint density at radius 3 is 2.33 bits per heavy atom. The summed E-state index contributed by atoms with van der Waals surface area (Å²) in [6.07, 6.45) is 10.3. The molecule has 18 heavy (non-hydrogen) atoms. The number of hydrogen-bond donors (Lipinski definition) is 3. The van der Waals surface area contributed by atoms with E-state index < -0.39 is 0 Å². The first-order chi connectivity index (χ1) is 8.57. The van der Waals surface area contributed by atoms with Crippen molar-refractivity contribution in [1.82, 2.24) is 0 Å². The minimum atomic E-state index is 0.205. The summed E-state index contributed by atoms with van der Waals surface area (Å²) >= 11 is 0. The minimum Gasteiger partial charge on any atom is -0.328 e. The number of fused-ring (bicyclic) bond motifs is 2. The fraction of sp³-hybridized carbons (Fsp3) is 0.933. The van der Waals surface area contributed by atoms with Crippen molar-refractivity contribution in [3.05, 3.63) is 0 Å². The van der Waals surface area contributed by atoms with Gasteiger partial charge in [0.25, 0.3) is 0 Å². The molecule has 0 radical (unpaired) electrons. The van der Waals surface area contributed by atoms with Crippen molar-refractivity contribution >= 4 is 5.71 Å². The molecule has 2 saturated carbocycles. The molecule has 0 aromatic carbocycles. The maximum Gasteiger partial charge on any atom is 0.0182 e. The quantitative estimate of drug-likeness (QED) is 0.650. The first kappa shape index (κ1) is 14.0. The van der Waals surface area contributed by atoms with Crippen LogP contribution in [0.1, 0.15) is 64.7 Å². The highest BCUT2D eigenvalue weighted by Crippen LogP contribution is 2.53. The molecule has 2 fully saturated rings. The van der Waals surface area contributed by atoms with E-state index in [1.807, 2.05) is 0 Å². The Morgan fingerprint density at radius 1 is 1.22 bits per heavy atom. The minimum absolute atomic E-state index is 0.205. The maximum absolute atomic E-state index is 8.26. The molecule has 3 nitrogen and oxygen atoms in total. The molecule has 2 unspecified atom stereocenters. The van der Waals surface area contributed by atoms with Gasteiger partial charge in [0.15, 0.2) is 0 Å². The summed E-state index contributed by atoms with van der Waals surface area (Å²) < 4.78 is 0. The van der Waals surface area contributed by atoms with Gasteiger partial charge in [0.1, 0.15) is 0 Å². The van der Waals surface area contributed by atoms with E-state index in [2.05, 4.69) is 6.92 Å². The molecular formula is C15H29N3. The number of rotatable bonds is 7. The van der Waals surface area contributed by atoms with E-state index in [9.17, 15) is 0 Å². The van der Waals surface area contributed by atoms with Gasteiger partial charge in [0, 0.05) is 23.2 Å². The predicted octanol–water partition coefficient (Wildman–Crippen LogP) is 2.82. The summed E-state index contributed by atoms with van der Waals surface area (Å²) in [5.41, 5.74) is 13.5. The van der Waals surface area contributed by atoms with E-state index in [-0.39, 0.29) is 11.5 Å². The van der Waals surface area contributed by atoms with Crippen molar-refractivity contribution in [2.24, 2.45) is 22.8 Å². The molecule has 0 aromatic heterocycles. The Kier molecular flexibility index (Phi) is 4.44. The predicted molar refractivity (Wildman–Crippen MR) is 76.8 cm³/mol. The van der Waals surface area contributed by atoms with Crippen LogP contribution in [-0.4, -0.2) is 17.8 Å². The van der Waals surface area contributed by atoms with E-state index in [1.54, 1.807) is 0 Å². The van der Waals surface area contributed by atoms with Gasteiger partial charge in [-0.15, -0.1) is 0 Å². The molecule has 2 bridgehead atoms. The number of nitrogens with two attached hydrogens (primary N) is 2. The Bertz CT molecular complexity index is 292. The molecule has 0 saturated heterocycles. The topological polar surface area (TPSA) is 75.9 Å². The summed E-state index contributed by atoms with van der Waals surface area (Å²) in [5.74, 6) is 0.603. The second kappa shape index (κ2) is 5.70. The highest BCUT2D eigenvalue weighted by molar-refractivity contribution is 5.93. The standard InChI is InChI=1S/C15H29N3/c1-2-12(16)4-3-5-13(17)10-15-8-6-11(7-9-15)14(15)18/h11-13,18H,2-10,16-17H2,1H3. The SMILES string of the molecule is CCC(N)CCCC(N)CC12CCC(CC1)C2=N. The summed E-state index contributed by atoms with van der Waals surface area (Å²) in [7, 11) is 0. The van der Waals surface area contributed by atoms with Crippen LogP contribution in [-0.2, 0) is 0 Å². The van der Waals surface area contributed by atoms with E-state index >= 15 is 0 Å². The van der Waals surface area contributed by atoms with Crippen molar-refractivity contribution in [2.75, 3.05) is 0 Å². The summed E-state index contributed by atoms with van der Waals surface area (Å²) in [6.45, 7) is 2.14. The monoisotopic (exact) mass is 251 g/mol. The van der Waals surface area contributed by atoms with E-state index in [0.717, 1.165) is 37.8 Å². The number of nitrogens with one attached hydrogen (secondary N) is 1. The lowest BCUT2D eigenvalue weighted by atomic mass is 9.77. The van der Waals surface area contributed by atoms with Crippen LogP contribution in [0, 0.1) is 16.7 Å². The fourth-order valence-corrected chi connectivity index (χ4v) is 3.93. The lowest BCUT2D eigenvalue weighted by molar-refractivity contribution is 0.286.